The molecule has 0 bridgehead atoms. The molecule has 80 valence electrons. The summed E-state index contributed by atoms with van der Waals surface area (Å²) in [7, 11) is 0. The number of rotatable bonds is 2. The molecule has 0 aliphatic heterocycles. The normalized spacial score (nSPS) is 10.9. The van der Waals surface area contributed by atoms with Crippen molar-refractivity contribution in [2.24, 2.45) is 0 Å². The molecular weight excluding hydrogens is 330 g/mol. The van der Waals surface area contributed by atoms with Crippen molar-refractivity contribution < 1.29 is 0 Å². The molecular formula is C13H9Br2N. The second-order valence-corrected chi connectivity index (χ2v) is 4.91. The van der Waals surface area contributed by atoms with Crippen LogP contribution in [0.25, 0.3) is 12.2 Å². The summed E-state index contributed by atoms with van der Waals surface area (Å²) in [6.45, 7) is 0. The van der Waals surface area contributed by atoms with Gasteiger partial charge in [0.1, 0.15) is 4.60 Å². The van der Waals surface area contributed by atoms with E-state index >= 15 is 0 Å². The van der Waals surface area contributed by atoms with Gasteiger partial charge in [-0.25, -0.2) is 4.98 Å². The molecule has 1 nitrogen and oxygen atoms in total. The van der Waals surface area contributed by atoms with Gasteiger partial charge in [-0.1, -0.05) is 46.3 Å². The number of nitrogens with zero attached hydrogens (tertiary/aromatic N) is 1. The zero-order valence-corrected chi connectivity index (χ0v) is 11.6. The van der Waals surface area contributed by atoms with Crippen molar-refractivity contribution in [3.05, 3.63) is 62.8 Å². The zero-order valence-electron chi connectivity index (χ0n) is 8.40. The van der Waals surface area contributed by atoms with Crippen LogP contribution in [0.5, 0.6) is 0 Å². The number of hydrogen-bond donors (Lipinski definition) is 0. The third-order valence-electron chi connectivity index (χ3n) is 2.08. The smallest absolute Gasteiger partial charge is 0.106 e. The molecule has 1 heterocycles. The Morgan fingerprint density at radius 2 is 1.69 bits per heavy atom. The molecule has 0 N–H and O–H groups in total. The molecule has 0 fully saturated rings. The second kappa shape index (κ2) is 5.41. The molecule has 1 aromatic heterocycles. The topological polar surface area (TPSA) is 12.9 Å². The minimum Gasteiger partial charge on any atom is -0.242 e. The van der Waals surface area contributed by atoms with Gasteiger partial charge in [-0.3, -0.25) is 0 Å². The maximum atomic E-state index is 4.33. The molecule has 0 saturated carbocycles. The van der Waals surface area contributed by atoms with E-state index in [1.165, 1.54) is 0 Å². The van der Waals surface area contributed by atoms with Crippen molar-refractivity contribution in [3.63, 3.8) is 0 Å². The maximum Gasteiger partial charge on any atom is 0.106 e. The monoisotopic (exact) mass is 337 g/mol. The highest BCUT2D eigenvalue weighted by Crippen LogP contribution is 2.18. The van der Waals surface area contributed by atoms with Crippen LogP contribution < -0.4 is 0 Å². The van der Waals surface area contributed by atoms with E-state index in [0.717, 1.165) is 20.3 Å². The van der Waals surface area contributed by atoms with Crippen LogP contribution in [0, 0.1) is 0 Å². The molecule has 1 aromatic carbocycles. The van der Waals surface area contributed by atoms with Gasteiger partial charge in [0, 0.05) is 4.47 Å². The van der Waals surface area contributed by atoms with Crippen LogP contribution in [-0.4, -0.2) is 4.98 Å². The number of hydrogen-bond acceptors (Lipinski definition) is 1. The summed E-state index contributed by atoms with van der Waals surface area (Å²) < 4.78 is 1.93. The van der Waals surface area contributed by atoms with E-state index in [4.69, 9.17) is 0 Å². The Morgan fingerprint density at radius 3 is 2.44 bits per heavy atom. The lowest BCUT2D eigenvalue weighted by Gasteiger charge is -1.97. The van der Waals surface area contributed by atoms with E-state index in [1.54, 1.807) is 0 Å². The minimum atomic E-state index is 0.849. The Kier molecular flexibility index (Phi) is 3.91. The summed E-state index contributed by atoms with van der Waals surface area (Å²) in [6, 6.07) is 13.9. The van der Waals surface area contributed by atoms with E-state index in [0.29, 0.717) is 0 Å². The Labute approximate surface area is 111 Å². The van der Waals surface area contributed by atoms with Gasteiger partial charge >= 0.3 is 0 Å². The van der Waals surface area contributed by atoms with Crippen molar-refractivity contribution in [3.8, 4) is 0 Å². The van der Waals surface area contributed by atoms with E-state index in [1.807, 2.05) is 48.6 Å². The van der Waals surface area contributed by atoms with E-state index in [2.05, 4.69) is 42.9 Å². The predicted octanol–water partition coefficient (Wildman–Crippen LogP) is 4.78. The van der Waals surface area contributed by atoms with Crippen molar-refractivity contribution in [2.45, 2.75) is 0 Å². The van der Waals surface area contributed by atoms with Crippen molar-refractivity contribution >= 4 is 44.0 Å². The second-order valence-electron chi connectivity index (χ2n) is 3.24. The molecule has 0 unspecified atom stereocenters. The van der Waals surface area contributed by atoms with Crippen LogP contribution in [0.3, 0.4) is 0 Å². The molecule has 0 radical (unpaired) electrons. The maximum absolute atomic E-state index is 4.33. The molecule has 0 atom stereocenters. The molecule has 0 aliphatic carbocycles. The zero-order chi connectivity index (χ0) is 11.4. The van der Waals surface area contributed by atoms with E-state index < -0.39 is 0 Å². The van der Waals surface area contributed by atoms with Gasteiger partial charge in [-0.15, -0.1) is 0 Å². The summed E-state index contributed by atoms with van der Waals surface area (Å²) in [5.74, 6) is 0. The molecule has 0 saturated heterocycles. The average Bonchev–Trinajstić information content (AvgIpc) is 2.28. The number of benzene rings is 1. The van der Waals surface area contributed by atoms with Gasteiger partial charge in [0.15, 0.2) is 0 Å². The highest BCUT2D eigenvalue weighted by Gasteiger charge is 1.94. The van der Waals surface area contributed by atoms with Crippen LogP contribution in [0.2, 0.25) is 0 Å². The van der Waals surface area contributed by atoms with Crippen LogP contribution in [0.1, 0.15) is 11.3 Å². The third-order valence-corrected chi connectivity index (χ3v) is 3.24. The van der Waals surface area contributed by atoms with Crippen LogP contribution in [-0.2, 0) is 0 Å². The van der Waals surface area contributed by atoms with E-state index in [9.17, 15) is 0 Å². The van der Waals surface area contributed by atoms with Gasteiger partial charge in [0.05, 0.1) is 5.69 Å². The summed E-state index contributed by atoms with van der Waals surface area (Å²) in [5, 5.41) is 0. The van der Waals surface area contributed by atoms with Crippen LogP contribution in [0.15, 0.2) is 51.5 Å². The predicted molar refractivity (Wildman–Crippen MR) is 75.0 cm³/mol. The number of pyridine rings is 1. The van der Waals surface area contributed by atoms with Gasteiger partial charge < -0.3 is 0 Å². The number of halogens is 2. The van der Waals surface area contributed by atoms with E-state index in [-0.39, 0.29) is 0 Å². The standard InChI is InChI=1S/C13H9Br2N/c14-12-6-2-1-4-10(12)8-9-11-5-3-7-13(15)16-11/h1-9H. The lowest BCUT2D eigenvalue weighted by Crippen LogP contribution is -1.80. The molecule has 0 aliphatic rings. The fourth-order valence-corrected chi connectivity index (χ4v) is 2.08. The Bertz CT molecular complexity index is 521. The molecule has 3 heteroatoms. The largest absolute Gasteiger partial charge is 0.242 e. The molecule has 2 rings (SSSR count). The van der Waals surface area contributed by atoms with Gasteiger partial charge in [0.2, 0.25) is 0 Å². The molecule has 2 aromatic rings. The van der Waals surface area contributed by atoms with Crippen LogP contribution >= 0.6 is 31.9 Å². The molecule has 16 heavy (non-hydrogen) atoms. The lowest BCUT2D eigenvalue weighted by molar-refractivity contribution is 1.25. The first-order chi connectivity index (χ1) is 7.75. The molecule has 0 amide bonds. The Balaban J connectivity index is 2.25. The van der Waals surface area contributed by atoms with Gasteiger partial charge in [-0.05, 0) is 45.8 Å². The summed E-state index contributed by atoms with van der Waals surface area (Å²) in [5.41, 5.74) is 2.08. The fraction of sp³-hybridized carbons (Fsp3) is 0. The van der Waals surface area contributed by atoms with Crippen LogP contribution in [0.4, 0.5) is 0 Å². The fourth-order valence-electron chi connectivity index (χ4n) is 1.30. The quantitative estimate of drug-likeness (QED) is 0.718. The summed E-state index contributed by atoms with van der Waals surface area (Å²) >= 11 is 6.85. The Hall–Kier alpha value is -0.930. The first-order valence-corrected chi connectivity index (χ1v) is 6.39. The average molecular weight is 339 g/mol. The van der Waals surface area contributed by atoms with Gasteiger partial charge in [0.25, 0.3) is 0 Å². The Morgan fingerprint density at radius 1 is 0.875 bits per heavy atom. The number of aromatic nitrogens is 1. The highest BCUT2D eigenvalue weighted by atomic mass is 79.9. The first-order valence-electron chi connectivity index (χ1n) is 4.81. The van der Waals surface area contributed by atoms with Crippen molar-refractivity contribution in [1.29, 1.82) is 0 Å². The minimum absolute atomic E-state index is 0.849. The SMILES string of the molecule is Brc1cccc(C=Cc2ccccc2Br)n1. The molecule has 0 spiro atoms. The third kappa shape index (κ3) is 3.03. The first kappa shape index (κ1) is 11.6. The van der Waals surface area contributed by atoms with Crippen molar-refractivity contribution in [2.75, 3.05) is 0 Å². The lowest BCUT2D eigenvalue weighted by atomic mass is 10.2. The highest BCUT2D eigenvalue weighted by molar-refractivity contribution is 9.10. The van der Waals surface area contributed by atoms with Gasteiger partial charge in [-0.2, -0.15) is 0 Å². The van der Waals surface area contributed by atoms with Crippen molar-refractivity contribution in [1.82, 2.24) is 4.98 Å². The summed E-state index contributed by atoms with van der Waals surface area (Å²) in [6.07, 6.45) is 4.03. The summed E-state index contributed by atoms with van der Waals surface area (Å²) in [4.78, 5) is 4.33.